The Kier molecular flexibility index (Phi) is 10.8. The molecule has 0 radical (unpaired) electrons. The Morgan fingerprint density at radius 1 is 1.39 bits per heavy atom. The summed E-state index contributed by atoms with van der Waals surface area (Å²) in [5, 5.41) is 8.96. The number of nitrogens with one attached hydrogen (secondary N) is 2. The molecule has 6 nitrogen and oxygen atoms in total. The van der Waals surface area contributed by atoms with Crippen molar-refractivity contribution in [3.63, 3.8) is 0 Å². The van der Waals surface area contributed by atoms with Gasteiger partial charge in [-0.3, -0.25) is 14.7 Å². The molecular weight excluding hydrogens is 485 g/mol. The van der Waals surface area contributed by atoms with Crippen LogP contribution in [-0.4, -0.2) is 75.0 Å². The minimum absolute atomic E-state index is 0. The van der Waals surface area contributed by atoms with Gasteiger partial charge in [0, 0.05) is 51.1 Å². The number of likely N-dealkylation sites (N-methyl/N-ethyl adjacent to an activating group) is 1. The van der Waals surface area contributed by atoms with Crippen LogP contribution in [0.5, 0.6) is 0 Å². The van der Waals surface area contributed by atoms with Gasteiger partial charge >= 0.3 is 0 Å². The molecule has 0 saturated carbocycles. The van der Waals surface area contributed by atoms with Crippen LogP contribution in [0.2, 0.25) is 0 Å². The van der Waals surface area contributed by atoms with Crippen molar-refractivity contribution in [2.75, 3.05) is 47.3 Å². The molecule has 2 rings (SSSR count). The first-order chi connectivity index (χ1) is 12.8. The van der Waals surface area contributed by atoms with Gasteiger partial charge in [-0.05, 0) is 37.3 Å². The molecule has 1 aliphatic heterocycles. The standard InChI is InChI=1S/C20H35N5OS.HI/c1-20(2,17-10-7-14-27-17)15-23-19(21-3)22-11-8-13-25-12-6-9-16(25)18(26)24(4)5;/h7,10,14,16H,6,8-9,11-13,15H2,1-5H3,(H2,21,22,23);1H. The summed E-state index contributed by atoms with van der Waals surface area (Å²) < 4.78 is 0. The van der Waals surface area contributed by atoms with Crippen LogP contribution < -0.4 is 10.6 Å². The van der Waals surface area contributed by atoms with Crippen molar-refractivity contribution >= 4 is 47.2 Å². The van der Waals surface area contributed by atoms with E-state index >= 15 is 0 Å². The molecule has 8 heteroatoms. The molecular formula is C20H36IN5OS. The lowest BCUT2D eigenvalue weighted by Gasteiger charge is -2.26. The van der Waals surface area contributed by atoms with E-state index in [1.54, 1.807) is 23.3 Å². The molecule has 1 atom stereocenters. The number of guanidine groups is 1. The Hall–Kier alpha value is -0.870. The fourth-order valence-electron chi connectivity index (χ4n) is 3.44. The van der Waals surface area contributed by atoms with E-state index in [0.717, 1.165) is 51.4 Å². The maximum absolute atomic E-state index is 12.3. The second-order valence-electron chi connectivity index (χ2n) is 7.99. The Morgan fingerprint density at radius 2 is 2.14 bits per heavy atom. The zero-order valence-corrected chi connectivity index (χ0v) is 21.0. The maximum atomic E-state index is 12.3. The number of carbonyl (C=O) groups excluding carboxylic acids is 1. The highest BCUT2D eigenvalue weighted by Gasteiger charge is 2.31. The molecule has 0 spiro atoms. The number of rotatable bonds is 8. The fraction of sp³-hybridized carbons (Fsp3) is 0.700. The molecule has 2 N–H and O–H groups in total. The molecule has 1 amide bonds. The van der Waals surface area contributed by atoms with Crippen molar-refractivity contribution in [2.45, 2.75) is 44.6 Å². The van der Waals surface area contributed by atoms with E-state index in [2.05, 4.69) is 51.9 Å². The number of carbonyl (C=O) groups is 1. The lowest BCUT2D eigenvalue weighted by molar-refractivity contribution is -0.133. The first-order valence-corrected chi connectivity index (χ1v) is 10.7. The van der Waals surface area contributed by atoms with E-state index in [9.17, 15) is 4.79 Å². The van der Waals surface area contributed by atoms with Crippen LogP contribution in [0.1, 0.15) is 38.0 Å². The molecule has 1 aromatic heterocycles. The summed E-state index contributed by atoms with van der Waals surface area (Å²) in [7, 11) is 5.49. The zero-order valence-electron chi connectivity index (χ0n) is 17.8. The van der Waals surface area contributed by atoms with Crippen molar-refractivity contribution in [2.24, 2.45) is 4.99 Å². The minimum atomic E-state index is 0. The second-order valence-corrected chi connectivity index (χ2v) is 8.94. The normalized spacial score (nSPS) is 17.9. The third kappa shape index (κ3) is 7.18. The van der Waals surface area contributed by atoms with Crippen LogP contribution in [0.4, 0.5) is 0 Å². The maximum Gasteiger partial charge on any atom is 0.239 e. The van der Waals surface area contributed by atoms with Crippen LogP contribution >= 0.6 is 35.3 Å². The van der Waals surface area contributed by atoms with Crippen molar-refractivity contribution in [3.8, 4) is 0 Å². The van der Waals surface area contributed by atoms with Crippen LogP contribution in [0, 0.1) is 0 Å². The minimum Gasteiger partial charge on any atom is -0.356 e. The molecule has 1 aliphatic rings. The van der Waals surface area contributed by atoms with Crippen molar-refractivity contribution in [1.82, 2.24) is 20.4 Å². The molecule has 1 aromatic rings. The van der Waals surface area contributed by atoms with Crippen LogP contribution in [0.3, 0.4) is 0 Å². The highest BCUT2D eigenvalue weighted by atomic mass is 127. The Balaban J connectivity index is 0.00000392. The van der Waals surface area contributed by atoms with E-state index in [1.807, 2.05) is 14.1 Å². The average molecular weight is 522 g/mol. The summed E-state index contributed by atoms with van der Waals surface area (Å²) in [4.78, 5) is 22.0. The molecule has 160 valence electrons. The van der Waals surface area contributed by atoms with E-state index in [-0.39, 0.29) is 41.3 Å². The van der Waals surface area contributed by atoms with Crippen LogP contribution in [0.25, 0.3) is 0 Å². The number of aliphatic imine (C=N–C) groups is 1. The smallest absolute Gasteiger partial charge is 0.239 e. The summed E-state index contributed by atoms with van der Waals surface area (Å²) in [6.45, 7) is 8.13. The summed E-state index contributed by atoms with van der Waals surface area (Å²) in [6.07, 6.45) is 3.08. The van der Waals surface area contributed by atoms with E-state index in [0.29, 0.717) is 0 Å². The zero-order chi connectivity index (χ0) is 19.9. The third-order valence-electron chi connectivity index (χ3n) is 5.11. The molecule has 0 bridgehead atoms. The first-order valence-electron chi connectivity index (χ1n) is 9.79. The van der Waals surface area contributed by atoms with Crippen LogP contribution in [0.15, 0.2) is 22.5 Å². The highest BCUT2D eigenvalue weighted by molar-refractivity contribution is 14.0. The topological polar surface area (TPSA) is 60.0 Å². The molecule has 1 fully saturated rings. The van der Waals surface area contributed by atoms with Crippen LogP contribution in [-0.2, 0) is 10.2 Å². The second kappa shape index (κ2) is 12.0. The molecule has 0 aromatic carbocycles. The van der Waals surface area contributed by atoms with Crippen molar-refractivity contribution in [3.05, 3.63) is 22.4 Å². The van der Waals surface area contributed by atoms with Gasteiger partial charge in [-0.2, -0.15) is 0 Å². The third-order valence-corrected chi connectivity index (χ3v) is 6.35. The van der Waals surface area contributed by atoms with Crippen molar-refractivity contribution < 1.29 is 4.79 Å². The number of thiophene rings is 1. The molecule has 2 heterocycles. The fourth-order valence-corrected chi connectivity index (χ4v) is 4.29. The molecule has 28 heavy (non-hydrogen) atoms. The monoisotopic (exact) mass is 521 g/mol. The Morgan fingerprint density at radius 3 is 2.75 bits per heavy atom. The molecule has 0 aliphatic carbocycles. The van der Waals surface area contributed by atoms with E-state index < -0.39 is 0 Å². The van der Waals surface area contributed by atoms with E-state index in [4.69, 9.17) is 0 Å². The number of amides is 1. The van der Waals surface area contributed by atoms with Gasteiger partial charge in [-0.1, -0.05) is 19.9 Å². The lowest BCUT2D eigenvalue weighted by Crippen LogP contribution is -2.45. The Bertz CT molecular complexity index is 618. The van der Waals surface area contributed by atoms with Gasteiger partial charge < -0.3 is 15.5 Å². The lowest BCUT2D eigenvalue weighted by atomic mass is 9.91. The number of hydrogen-bond donors (Lipinski definition) is 2. The number of halogens is 1. The predicted octanol–water partition coefficient (Wildman–Crippen LogP) is 2.75. The van der Waals surface area contributed by atoms with Gasteiger partial charge in [0.25, 0.3) is 0 Å². The van der Waals surface area contributed by atoms with E-state index in [1.165, 1.54) is 4.88 Å². The summed E-state index contributed by atoms with van der Waals surface area (Å²) in [6, 6.07) is 4.34. The quantitative estimate of drug-likeness (QED) is 0.239. The summed E-state index contributed by atoms with van der Waals surface area (Å²) >= 11 is 1.79. The Labute approximate surface area is 191 Å². The number of likely N-dealkylation sites (tertiary alicyclic amines) is 1. The van der Waals surface area contributed by atoms with Gasteiger partial charge in [-0.25, -0.2) is 0 Å². The number of nitrogens with zero attached hydrogens (tertiary/aromatic N) is 3. The van der Waals surface area contributed by atoms with Gasteiger partial charge in [0.2, 0.25) is 5.91 Å². The largest absolute Gasteiger partial charge is 0.356 e. The average Bonchev–Trinajstić information content (AvgIpc) is 3.32. The van der Waals surface area contributed by atoms with Crippen molar-refractivity contribution in [1.29, 1.82) is 0 Å². The molecule has 1 saturated heterocycles. The number of hydrogen-bond acceptors (Lipinski definition) is 4. The van der Waals surface area contributed by atoms with Gasteiger partial charge in [0.05, 0.1) is 6.04 Å². The van der Waals surface area contributed by atoms with Gasteiger partial charge in [0.15, 0.2) is 5.96 Å². The SMILES string of the molecule is CN=C(NCCCN1CCCC1C(=O)N(C)C)NCC(C)(C)c1cccs1.I. The summed E-state index contributed by atoms with van der Waals surface area (Å²) in [5.41, 5.74) is 0.0705. The predicted molar refractivity (Wildman–Crippen MR) is 130 cm³/mol. The molecule has 1 unspecified atom stereocenters. The summed E-state index contributed by atoms with van der Waals surface area (Å²) in [5.74, 6) is 1.07. The highest BCUT2D eigenvalue weighted by Crippen LogP contribution is 2.26. The van der Waals surface area contributed by atoms with Gasteiger partial charge in [-0.15, -0.1) is 35.3 Å². The van der Waals surface area contributed by atoms with Gasteiger partial charge in [0.1, 0.15) is 0 Å². The first kappa shape index (κ1) is 25.2.